The van der Waals surface area contributed by atoms with Gasteiger partial charge in [0.2, 0.25) is 5.91 Å². The van der Waals surface area contributed by atoms with Gasteiger partial charge < -0.3 is 15.6 Å². The summed E-state index contributed by atoms with van der Waals surface area (Å²) in [6.07, 6.45) is 5.97. The molecule has 0 fully saturated rings. The standard InChI is InChI=1S/C14H18N4O/c1-2-11(9-15)14(19)17-12-5-3-4-6-13(12)18-8-7-16-10-18/h3-8,10-11H,2,9,15H2,1H3,(H,17,19). The fourth-order valence-corrected chi connectivity index (χ4v) is 1.90. The Morgan fingerprint density at radius 3 is 2.89 bits per heavy atom. The summed E-state index contributed by atoms with van der Waals surface area (Å²) in [7, 11) is 0. The number of nitrogens with one attached hydrogen (secondary N) is 1. The molecule has 5 heteroatoms. The topological polar surface area (TPSA) is 72.9 Å². The molecule has 0 bridgehead atoms. The molecule has 2 aromatic rings. The van der Waals surface area contributed by atoms with Crippen molar-refractivity contribution in [2.45, 2.75) is 13.3 Å². The number of imidazole rings is 1. The van der Waals surface area contributed by atoms with Crippen LogP contribution in [0.3, 0.4) is 0 Å². The molecular weight excluding hydrogens is 240 g/mol. The van der Waals surface area contributed by atoms with Gasteiger partial charge in [-0.05, 0) is 18.6 Å². The van der Waals surface area contributed by atoms with E-state index in [9.17, 15) is 4.79 Å². The second-order valence-electron chi connectivity index (χ2n) is 4.32. The highest BCUT2D eigenvalue weighted by atomic mass is 16.1. The predicted molar refractivity (Wildman–Crippen MR) is 75.0 cm³/mol. The van der Waals surface area contributed by atoms with Crippen LogP contribution in [0.15, 0.2) is 43.0 Å². The Balaban J connectivity index is 2.24. The Bertz CT molecular complexity index is 532. The van der Waals surface area contributed by atoms with E-state index < -0.39 is 0 Å². The van der Waals surface area contributed by atoms with Gasteiger partial charge in [-0.1, -0.05) is 19.1 Å². The fourth-order valence-electron chi connectivity index (χ4n) is 1.90. The molecule has 0 aliphatic carbocycles. The minimum atomic E-state index is -0.157. The van der Waals surface area contributed by atoms with Crippen molar-refractivity contribution in [2.24, 2.45) is 11.7 Å². The maximum Gasteiger partial charge on any atom is 0.228 e. The molecule has 1 unspecified atom stereocenters. The number of aromatic nitrogens is 2. The third kappa shape index (κ3) is 3.00. The highest BCUT2D eigenvalue weighted by Crippen LogP contribution is 2.20. The van der Waals surface area contributed by atoms with Crippen LogP contribution >= 0.6 is 0 Å². The van der Waals surface area contributed by atoms with E-state index in [0.717, 1.165) is 17.8 Å². The molecule has 19 heavy (non-hydrogen) atoms. The van der Waals surface area contributed by atoms with Crippen LogP contribution in [0.25, 0.3) is 5.69 Å². The third-order valence-electron chi connectivity index (χ3n) is 3.09. The highest BCUT2D eigenvalue weighted by molar-refractivity contribution is 5.94. The van der Waals surface area contributed by atoms with Crippen LogP contribution in [0.5, 0.6) is 0 Å². The lowest BCUT2D eigenvalue weighted by Gasteiger charge is -2.15. The molecule has 1 aromatic heterocycles. The van der Waals surface area contributed by atoms with Crippen LogP contribution < -0.4 is 11.1 Å². The first-order chi connectivity index (χ1) is 9.26. The summed E-state index contributed by atoms with van der Waals surface area (Å²) in [5.41, 5.74) is 7.25. The molecule has 0 saturated carbocycles. The average Bonchev–Trinajstić information content (AvgIpc) is 2.94. The predicted octanol–water partition coefficient (Wildman–Crippen LogP) is 1.80. The van der Waals surface area contributed by atoms with Gasteiger partial charge in [-0.25, -0.2) is 4.98 Å². The Labute approximate surface area is 112 Å². The van der Waals surface area contributed by atoms with E-state index in [2.05, 4.69) is 10.3 Å². The van der Waals surface area contributed by atoms with Crippen molar-refractivity contribution in [3.05, 3.63) is 43.0 Å². The Morgan fingerprint density at radius 2 is 2.26 bits per heavy atom. The SMILES string of the molecule is CCC(CN)C(=O)Nc1ccccc1-n1ccnc1. The van der Waals surface area contributed by atoms with Gasteiger partial charge in [-0.3, -0.25) is 4.79 Å². The summed E-state index contributed by atoms with van der Waals surface area (Å²) in [5.74, 6) is -0.201. The normalized spacial score (nSPS) is 12.1. The third-order valence-corrected chi connectivity index (χ3v) is 3.09. The van der Waals surface area contributed by atoms with Gasteiger partial charge in [0, 0.05) is 18.9 Å². The largest absolute Gasteiger partial charge is 0.330 e. The molecule has 0 aliphatic heterocycles. The average molecular weight is 258 g/mol. The minimum Gasteiger partial charge on any atom is -0.330 e. The maximum absolute atomic E-state index is 12.1. The molecular formula is C14H18N4O. The zero-order valence-electron chi connectivity index (χ0n) is 10.9. The summed E-state index contributed by atoms with van der Waals surface area (Å²) < 4.78 is 1.86. The van der Waals surface area contributed by atoms with Crippen LogP contribution in [-0.2, 0) is 4.79 Å². The molecule has 1 amide bonds. The number of anilines is 1. The van der Waals surface area contributed by atoms with Gasteiger partial charge in [-0.15, -0.1) is 0 Å². The summed E-state index contributed by atoms with van der Waals surface area (Å²) >= 11 is 0. The summed E-state index contributed by atoms with van der Waals surface area (Å²) in [4.78, 5) is 16.1. The molecule has 1 aromatic carbocycles. The van der Waals surface area contributed by atoms with Crippen LogP contribution in [0.2, 0.25) is 0 Å². The summed E-state index contributed by atoms with van der Waals surface area (Å²) in [6.45, 7) is 2.31. The number of carbonyl (C=O) groups excluding carboxylic acids is 1. The number of carbonyl (C=O) groups is 1. The van der Waals surface area contributed by atoms with Crippen LogP contribution in [0.4, 0.5) is 5.69 Å². The second kappa shape index (κ2) is 6.15. The Morgan fingerprint density at radius 1 is 1.47 bits per heavy atom. The first-order valence-electron chi connectivity index (χ1n) is 6.34. The number of para-hydroxylation sites is 2. The molecule has 1 heterocycles. The van der Waals surface area contributed by atoms with Crippen molar-refractivity contribution in [2.75, 3.05) is 11.9 Å². The number of benzene rings is 1. The summed E-state index contributed by atoms with van der Waals surface area (Å²) in [6, 6.07) is 7.61. The lowest BCUT2D eigenvalue weighted by Crippen LogP contribution is -2.29. The van der Waals surface area contributed by atoms with Crippen LogP contribution in [-0.4, -0.2) is 22.0 Å². The molecule has 0 saturated heterocycles. The van der Waals surface area contributed by atoms with E-state index in [1.54, 1.807) is 12.5 Å². The quantitative estimate of drug-likeness (QED) is 0.858. The van der Waals surface area contributed by atoms with Crippen molar-refractivity contribution in [3.8, 4) is 5.69 Å². The highest BCUT2D eigenvalue weighted by Gasteiger charge is 2.16. The van der Waals surface area contributed by atoms with E-state index in [1.165, 1.54) is 0 Å². The molecule has 0 aliphatic rings. The number of hydrogen-bond donors (Lipinski definition) is 2. The Hall–Kier alpha value is -2.14. The van der Waals surface area contributed by atoms with Gasteiger partial charge >= 0.3 is 0 Å². The van der Waals surface area contributed by atoms with E-state index >= 15 is 0 Å². The molecule has 3 N–H and O–H groups in total. The van der Waals surface area contributed by atoms with Crippen molar-refractivity contribution >= 4 is 11.6 Å². The lowest BCUT2D eigenvalue weighted by molar-refractivity contribution is -0.119. The number of amides is 1. The van der Waals surface area contributed by atoms with Gasteiger partial charge in [-0.2, -0.15) is 0 Å². The van der Waals surface area contributed by atoms with E-state index in [0.29, 0.717) is 6.54 Å². The van der Waals surface area contributed by atoms with Crippen molar-refractivity contribution in [1.82, 2.24) is 9.55 Å². The van der Waals surface area contributed by atoms with Gasteiger partial charge in [0.1, 0.15) is 0 Å². The molecule has 0 spiro atoms. The van der Waals surface area contributed by atoms with Crippen LogP contribution in [0.1, 0.15) is 13.3 Å². The zero-order valence-corrected chi connectivity index (χ0v) is 10.9. The molecule has 2 rings (SSSR count). The number of nitrogens with two attached hydrogens (primary N) is 1. The van der Waals surface area contributed by atoms with E-state index in [4.69, 9.17) is 5.73 Å². The van der Waals surface area contributed by atoms with Crippen molar-refractivity contribution < 1.29 is 4.79 Å². The molecule has 5 nitrogen and oxygen atoms in total. The minimum absolute atomic E-state index is 0.0439. The lowest BCUT2D eigenvalue weighted by atomic mass is 10.1. The van der Waals surface area contributed by atoms with E-state index in [1.807, 2.05) is 42.0 Å². The zero-order chi connectivity index (χ0) is 13.7. The second-order valence-corrected chi connectivity index (χ2v) is 4.32. The molecule has 0 radical (unpaired) electrons. The number of rotatable bonds is 5. The van der Waals surface area contributed by atoms with Crippen molar-refractivity contribution in [3.63, 3.8) is 0 Å². The maximum atomic E-state index is 12.1. The summed E-state index contributed by atoms with van der Waals surface area (Å²) in [5, 5.41) is 2.93. The van der Waals surface area contributed by atoms with Crippen molar-refractivity contribution in [1.29, 1.82) is 0 Å². The van der Waals surface area contributed by atoms with Gasteiger partial charge in [0.25, 0.3) is 0 Å². The number of hydrogen-bond acceptors (Lipinski definition) is 3. The van der Waals surface area contributed by atoms with E-state index in [-0.39, 0.29) is 11.8 Å². The monoisotopic (exact) mass is 258 g/mol. The van der Waals surface area contributed by atoms with Gasteiger partial charge in [0.05, 0.1) is 23.6 Å². The number of nitrogens with zero attached hydrogens (tertiary/aromatic N) is 2. The van der Waals surface area contributed by atoms with Crippen LogP contribution in [0, 0.1) is 5.92 Å². The first-order valence-corrected chi connectivity index (χ1v) is 6.34. The fraction of sp³-hybridized carbons (Fsp3) is 0.286. The smallest absolute Gasteiger partial charge is 0.228 e. The molecule has 1 atom stereocenters. The Kier molecular flexibility index (Phi) is 4.30. The first kappa shape index (κ1) is 13.3. The van der Waals surface area contributed by atoms with Gasteiger partial charge in [0.15, 0.2) is 0 Å². The molecule has 100 valence electrons.